The zero-order valence-electron chi connectivity index (χ0n) is 25.9. The SMILES string of the molecule is CCCCNC(=O)[C@@H](Cc1ccccc1)N(Cc1ccc(C)cc1)C(=O)CN(c1ccccc1C)S(=O)(=O)c1ccc(Cl)cc1. The summed E-state index contributed by atoms with van der Waals surface area (Å²) in [5, 5.41) is 3.41. The first-order chi connectivity index (χ1) is 21.6. The molecule has 7 nitrogen and oxygen atoms in total. The molecule has 0 unspecified atom stereocenters. The van der Waals surface area contributed by atoms with Crippen molar-refractivity contribution in [1.82, 2.24) is 10.2 Å². The Kier molecular flexibility index (Phi) is 11.8. The molecule has 0 heterocycles. The van der Waals surface area contributed by atoms with Gasteiger partial charge in [-0.05, 0) is 67.3 Å². The van der Waals surface area contributed by atoms with E-state index in [0.29, 0.717) is 22.8 Å². The highest BCUT2D eigenvalue weighted by molar-refractivity contribution is 7.92. The molecule has 0 aliphatic heterocycles. The summed E-state index contributed by atoms with van der Waals surface area (Å²) in [6, 6.07) is 29.3. The van der Waals surface area contributed by atoms with E-state index in [2.05, 4.69) is 5.32 Å². The number of halogens is 1. The molecule has 0 saturated carbocycles. The number of benzene rings is 4. The van der Waals surface area contributed by atoms with E-state index in [1.165, 1.54) is 29.2 Å². The number of para-hydroxylation sites is 1. The summed E-state index contributed by atoms with van der Waals surface area (Å²) in [4.78, 5) is 29.9. The third kappa shape index (κ3) is 8.96. The predicted octanol–water partition coefficient (Wildman–Crippen LogP) is 6.71. The van der Waals surface area contributed by atoms with Crippen molar-refractivity contribution in [1.29, 1.82) is 0 Å². The third-order valence-electron chi connectivity index (χ3n) is 7.64. The van der Waals surface area contributed by atoms with Crippen molar-refractivity contribution in [2.45, 2.75) is 57.5 Å². The first kappa shape index (κ1) is 33.7. The number of carbonyl (C=O) groups excluding carboxylic acids is 2. The predicted molar refractivity (Wildman–Crippen MR) is 181 cm³/mol. The van der Waals surface area contributed by atoms with Gasteiger partial charge in [-0.2, -0.15) is 0 Å². The van der Waals surface area contributed by atoms with Gasteiger partial charge in [-0.1, -0.05) is 103 Å². The van der Waals surface area contributed by atoms with Gasteiger partial charge in [-0.25, -0.2) is 8.42 Å². The summed E-state index contributed by atoms with van der Waals surface area (Å²) in [5.74, 6) is -0.779. The number of unbranched alkanes of at least 4 members (excludes halogenated alkanes) is 1. The summed E-state index contributed by atoms with van der Waals surface area (Å²) in [5.41, 5.74) is 3.85. The summed E-state index contributed by atoms with van der Waals surface area (Å²) in [6.07, 6.45) is 1.98. The Morgan fingerprint density at radius 1 is 0.822 bits per heavy atom. The minimum atomic E-state index is -4.20. The van der Waals surface area contributed by atoms with E-state index in [4.69, 9.17) is 11.6 Å². The Hall–Kier alpha value is -4.14. The molecule has 0 saturated heterocycles. The van der Waals surface area contributed by atoms with Crippen LogP contribution in [-0.2, 0) is 32.6 Å². The van der Waals surface area contributed by atoms with Crippen LogP contribution in [0.5, 0.6) is 0 Å². The molecule has 4 aromatic rings. The van der Waals surface area contributed by atoms with Gasteiger partial charge in [0.1, 0.15) is 12.6 Å². The number of nitrogens with one attached hydrogen (secondary N) is 1. The van der Waals surface area contributed by atoms with Gasteiger partial charge >= 0.3 is 0 Å². The highest BCUT2D eigenvalue weighted by Gasteiger charge is 2.35. The van der Waals surface area contributed by atoms with Gasteiger partial charge in [0, 0.05) is 24.5 Å². The highest BCUT2D eigenvalue weighted by atomic mass is 35.5. The second-order valence-corrected chi connectivity index (χ2v) is 13.4. The lowest BCUT2D eigenvalue weighted by Gasteiger charge is -2.34. The van der Waals surface area contributed by atoms with Crippen LogP contribution in [0.2, 0.25) is 5.02 Å². The smallest absolute Gasteiger partial charge is 0.264 e. The maximum atomic E-state index is 14.5. The Morgan fingerprint density at radius 2 is 1.47 bits per heavy atom. The van der Waals surface area contributed by atoms with Gasteiger partial charge in [-0.15, -0.1) is 0 Å². The maximum Gasteiger partial charge on any atom is 0.264 e. The zero-order chi connectivity index (χ0) is 32.4. The minimum Gasteiger partial charge on any atom is -0.354 e. The van der Waals surface area contributed by atoms with Crippen LogP contribution in [0.4, 0.5) is 5.69 Å². The van der Waals surface area contributed by atoms with Gasteiger partial charge in [0.15, 0.2) is 0 Å². The van der Waals surface area contributed by atoms with E-state index < -0.39 is 28.5 Å². The molecule has 0 aromatic heterocycles. The van der Waals surface area contributed by atoms with Crippen molar-refractivity contribution in [2.75, 3.05) is 17.4 Å². The molecule has 0 radical (unpaired) electrons. The van der Waals surface area contributed by atoms with Gasteiger partial charge in [0.25, 0.3) is 10.0 Å². The van der Waals surface area contributed by atoms with Crippen LogP contribution in [0.1, 0.15) is 42.0 Å². The van der Waals surface area contributed by atoms with E-state index in [0.717, 1.165) is 33.8 Å². The molecular weight excluding hydrogens is 606 g/mol. The standard InChI is InChI=1S/C36H40ClN3O4S/c1-4-5-23-38-36(42)34(24-29-12-7-6-8-13-29)39(25-30-17-15-27(2)16-18-30)35(41)26-40(33-14-10-9-11-28(33)3)45(43,44)32-21-19-31(37)20-22-32/h6-22,34H,4-5,23-26H2,1-3H3,(H,38,42)/t34-/m1/s1. The molecule has 4 rings (SSSR count). The number of hydrogen-bond donors (Lipinski definition) is 1. The van der Waals surface area contributed by atoms with Crippen molar-refractivity contribution in [3.63, 3.8) is 0 Å². The van der Waals surface area contributed by atoms with Crippen molar-refractivity contribution in [3.8, 4) is 0 Å². The first-order valence-corrected chi connectivity index (χ1v) is 16.9. The molecular formula is C36H40ClN3O4S. The van der Waals surface area contributed by atoms with Crippen LogP contribution in [-0.4, -0.2) is 44.3 Å². The molecule has 4 aromatic carbocycles. The van der Waals surface area contributed by atoms with E-state index in [9.17, 15) is 18.0 Å². The number of hydrogen-bond acceptors (Lipinski definition) is 4. The fourth-order valence-electron chi connectivity index (χ4n) is 5.04. The molecule has 9 heteroatoms. The molecule has 0 bridgehead atoms. The van der Waals surface area contributed by atoms with Crippen LogP contribution in [0.25, 0.3) is 0 Å². The van der Waals surface area contributed by atoms with Gasteiger partial charge in [-0.3, -0.25) is 13.9 Å². The van der Waals surface area contributed by atoms with Crippen molar-refractivity contribution in [2.24, 2.45) is 0 Å². The normalized spacial score (nSPS) is 11.9. The molecule has 0 spiro atoms. The molecule has 0 aliphatic carbocycles. The van der Waals surface area contributed by atoms with E-state index >= 15 is 0 Å². The molecule has 0 aliphatic rings. The zero-order valence-corrected chi connectivity index (χ0v) is 27.5. The number of sulfonamides is 1. The first-order valence-electron chi connectivity index (χ1n) is 15.1. The topological polar surface area (TPSA) is 86.8 Å². The van der Waals surface area contributed by atoms with Crippen molar-refractivity contribution >= 4 is 39.1 Å². The highest BCUT2D eigenvalue weighted by Crippen LogP contribution is 2.28. The number of rotatable bonds is 14. The Bertz CT molecular complexity index is 1680. The third-order valence-corrected chi connectivity index (χ3v) is 9.66. The Labute approximate surface area is 271 Å². The van der Waals surface area contributed by atoms with Crippen LogP contribution in [0, 0.1) is 13.8 Å². The lowest BCUT2D eigenvalue weighted by molar-refractivity contribution is -0.140. The van der Waals surface area contributed by atoms with E-state index in [1.807, 2.05) is 74.5 Å². The molecule has 1 atom stereocenters. The number of carbonyl (C=O) groups is 2. The summed E-state index contributed by atoms with van der Waals surface area (Å²) >= 11 is 6.07. The van der Waals surface area contributed by atoms with E-state index in [1.54, 1.807) is 25.1 Å². The largest absolute Gasteiger partial charge is 0.354 e. The molecule has 0 fully saturated rings. The second-order valence-electron chi connectivity index (χ2n) is 11.1. The number of nitrogens with zero attached hydrogens (tertiary/aromatic N) is 2. The van der Waals surface area contributed by atoms with Gasteiger partial charge < -0.3 is 10.2 Å². The molecule has 1 N–H and O–H groups in total. The minimum absolute atomic E-state index is 0.00572. The van der Waals surface area contributed by atoms with Crippen LogP contribution < -0.4 is 9.62 Å². The monoisotopic (exact) mass is 645 g/mol. The molecule has 45 heavy (non-hydrogen) atoms. The summed E-state index contributed by atoms with van der Waals surface area (Å²) < 4.78 is 29.4. The number of aryl methyl sites for hydroxylation is 2. The fraction of sp³-hybridized carbons (Fsp3) is 0.278. The molecule has 2 amide bonds. The van der Waals surface area contributed by atoms with E-state index in [-0.39, 0.29) is 23.8 Å². The number of anilines is 1. The fourth-order valence-corrected chi connectivity index (χ4v) is 6.65. The maximum absolute atomic E-state index is 14.5. The Morgan fingerprint density at radius 3 is 2.11 bits per heavy atom. The van der Waals surface area contributed by atoms with Crippen LogP contribution in [0.15, 0.2) is 108 Å². The quantitative estimate of drug-likeness (QED) is 0.155. The van der Waals surface area contributed by atoms with Gasteiger partial charge in [0.2, 0.25) is 11.8 Å². The van der Waals surface area contributed by atoms with Crippen LogP contribution >= 0.6 is 11.6 Å². The number of amides is 2. The lowest BCUT2D eigenvalue weighted by atomic mass is 10.0. The van der Waals surface area contributed by atoms with Crippen LogP contribution in [0.3, 0.4) is 0 Å². The lowest BCUT2D eigenvalue weighted by Crippen LogP contribution is -2.53. The summed E-state index contributed by atoms with van der Waals surface area (Å²) in [6.45, 7) is 5.92. The average molecular weight is 646 g/mol. The second kappa shape index (κ2) is 15.7. The van der Waals surface area contributed by atoms with Gasteiger partial charge in [0.05, 0.1) is 10.6 Å². The van der Waals surface area contributed by atoms with Crippen molar-refractivity contribution < 1.29 is 18.0 Å². The summed E-state index contributed by atoms with van der Waals surface area (Å²) in [7, 11) is -4.20. The molecule has 236 valence electrons. The van der Waals surface area contributed by atoms with Crippen molar-refractivity contribution in [3.05, 3.63) is 130 Å². The average Bonchev–Trinajstić information content (AvgIpc) is 3.03. The Balaban J connectivity index is 1.79.